The number of hydrogen-bond donors (Lipinski definition) is 1. The number of para-hydroxylation sites is 1. The van der Waals surface area contributed by atoms with E-state index in [9.17, 15) is 13.6 Å². The number of nitrogens with one attached hydrogen (secondary N) is 1. The molecule has 0 amide bonds. The molecule has 0 radical (unpaired) electrons. The van der Waals surface area contributed by atoms with Crippen LogP contribution in [0.1, 0.15) is 24.4 Å². The van der Waals surface area contributed by atoms with Crippen molar-refractivity contribution in [2.24, 2.45) is 4.99 Å². The van der Waals surface area contributed by atoms with Crippen molar-refractivity contribution in [1.29, 1.82) is 0 Å². The predicted molar refractivity (Wildman–Crippen MR) is 127 cm³/mol. The van der Waals surface area contributed by atoms with Crippen molar-refractivity contribution in [3.63, 3.8) is 0 Å². The Kier molecular flexibility index (Phi) is 4.36. The lowest BCUT2D eigenvalue weighted by molar-refractivity contribution is 0.244. The molecule has 2 unspecified atom stereocenters. The van der Waals surface area contributed by atoms with Crippen LogP contribution < -0.4 is 20.2 Å². The van der Waals surface area contributed by atoms with Crippen molar-refractivity contribution >= 4 is 29.3 Å². The number of allylic oxidation sites excluding steroid dienone is 2. The van der Waals surface area contributed by atoms with Gasteiger partial charge >= 0.3 is 5.69 Å². The fourth-order valence-corrected chi connectivity index (χ4v) is 5.19. The van der Waals surface area contributed by atoms with Gasteiger partial charge in [0, 0.05) is 25.1 Å². The summed E-state index contributed by atoms with van der Waals surface area (Å²) < 4.78 is 35.7. The van der Waals surface area contributed by atoms with Crippen molar-refractivity contribution in [3.05, 3.63) is 64.1 Å². The quantitative estimate of drug-likeness (QED) is 0.624. The highest BCUT2D eigenvalue weighted by atomic mass is 19.1. The van der Waals surface area contributed by atoms with Crippen LogP contribution in [0.5, 0.6) is 5.75 Å². The summed E-state index contributed by atoms with van der Waals surface area (Å²) in [5.74, 6) is 0.298. The molecule has 178 valence electrons. The van der Waals surface area contributed by atoms with Gasteiger partial charge in [-0.1, -0.05) is 18.2 Å². The SMILES string of the molecule is O=c1[nH]c2c(N3CCC3)nc(N3C=NC4C=CC(F)=CC43)nc2n1[C@@H]1CCOc2c(F)cccc21. The van der Waals surface area contributed by atoms with E-state index in [1.165, 1.54) is 18.2 Å². The molecule has 5 heterocycles. The minimum absolute atomic E-state index is 0.159. The molecule has 3 aliphatic heterocycles. The third kappa shape index (κ3) is 3.03. The highest BCUT2D eigenvalue weighted by Gasteiger charge is 2.35. The molecule has 1 aliphatic carbocycles. The van der Waals surface area contributed by atoms with Crippen molar-refractivity contribution in [2.45, 2.75) is 31.0 Å². The summed E-state index contributed by atoms with van der Waals surface area (Å²) in [7, 11) is 0. The maximum Gasteiger partial charge on any atom is 0.328 e. The van der Waals surface area contributed by atoms with Crippen LogP contribution in [-0.4, -0.2) is 57.6 Å². The van der Waals surface area contributed by atoms with E-state index in [1.807, 2.05) is 0 Å². The number of aromatic nitrogens is 4. The monoisotopic (exact) mass is 477 g/mol. The number of halogens is 2. The van der Waals surface area contributed by atoms with E-state index >= 15 is 0 Å². The number of rotatable bonds is 3. The number of anilines is 2. The van der Waals surface area contributed by atoms with Gasteiger partial charge in [0.2, 0.25) is 5.95 Å². The fraction of sp³-hybridized carbons (Fsp3) is 0.333. The van der Waals surface area contributed by atoms with Crippen LogP contribution in [-0.2, 0) is 0 Å². The molecule has 9 nitrogen and oxygen atoms in total. The first kappa shape index (κ1) is 20.4. The minimum atomic E-state index is -0.463. The fourth-order valence-electron chi connectivity index (χ4n) is 5.19. The number of aromatic amines is 1. The summed E-state index contributed by atoms with van der Waals surface area (Å²) in [6.45, 7) is 1.89. The molecule has 2 aromatic heterocycles. The van der Waals surface area contributed by atoms with Crippen LogP contribution in [0, 0.1) is 5.82 Å². The molecule has 35 heavy (non-hydrogen) atoms. The van der Waals surface area contributed by atoms with Gasteiger partial charge < -0.3 is 14.6 Å². The van der Waals surface area contributed by atoms with E-state index in [1.54, 1.807) is 34.0 Å². The van der Waals surface area contributed by atoms with Crippen LogP contribution >= 0.6 is 0 Å². The summed E-state index contributed by atoms with van der Waals surface area (Å²) in [4.78, 5) is 34.1. The van der Waals surface area contributed by atoms with Crippen LogP contribution in [0.2, 0.25) is 0 Å². The standard InChI is InChI=1S/C24H21F2N7O2/c25-13-5-6-16-18(11-13)32(12-27-16)23-29-21(31-8-2-9-31)19-22(30-23)33(24(34)28-19)17-7-10-35-20-14(17)3-1-4-15(20)26/h1,3-6,11-12,16-18H,2,7-10H2,(H,28,34)/t16?,17-,18?/m1/s1. The third-order valence-electron chi connectivity index (χ3n) is 7.05. The Morgan fingerprint density at radius 1 is 1.17 bits per heavy atom. The number of nitrogens with zero attached hydrogens (tertiary/aromatic N) is 6. The molecule has 3 aromatic rings. The molecular weight excluding hydrogens is 456 g/mol. The molecule has 0 saturated carbocycles. The van der Waals surface area contributed by atoms with Crippen LogP contribution in [0.15, 0.2) is 52.0 Å². The van der Waals surface area contributed by atoms with E-state index in [0.717, 1.165) is 19.5 Å². The van der Waals surface area contributed by atoms with Crippen molar-refractivity contribution in [2.75, 3.05) is 29.5 Å². The van der Waals surface area contributed by atoms with E-state index in [0.29, 0.717) is 34.9 Å². The van der Waals surface area contributed by atoms with E-state index in [4.69, 9.17) is 14.7 Å². The third-order valence-corrected chi connectivity index (χ3v) is 7.05. The second kappa shape index (κ2) is 7.49. The zero-order chi connectivity index (χ0) is 23.7. The van der Waals surface area contributed by atoms with Crippen LogP contribution in [0.3, 0.4) is 0 Å². The van der Waals surface area contributed by atoms with Gasteiger partial charge in [-0.3, -0.25) is 14.5 Å². The van der Waals surface area contributed by atoms with Gasteiger partial charge in [0.05, 0.1) is 31.1 Å². The Morgan fingerprint density at radius 2 is 2.06 bits per heavy atom. The molecule has 1 fully saturated rings. The first-order chi connectivity index (χ1) is 17.1. The predicted octanol–water partition coefficient (Wildman–Crippen LogP) is 2.85. The smallest absolute Gasteiger partial charge is 0.328 e. The molecule has 11 heteroatoms. The maximum absolute atomic E-state index is 14.5. The summed E-state index contributed by atoms with van der Waals surface area (Å²) in [5, 5.41) is 0. The molecule has 0 bridgehead atoms. The number of H-pyrrole nitrogens is 1. The van der Waals surface area contributed by atoms with E-state index < -0.39 is 17.9 Å². The number of hydrogen-bond acceptors (Lipinski definition) is 7. The summed E-state index contributed by atoms with van der Waals surface area (Å²) in [5.41, 5.74) is 1.18. The molecule has 0 spiro atoms. The Morgan fingerprint density at radius 3 is 2.89 bits per heavy atom. The lowest BCUT2D eigenvalue weighted by atomic mass is 10.00. The highest BCUT2D eigenvalue weighted by Crippen LogP contribution is 2.38. The Hall–Kier alpha value is -4.02. The van der Waals surface area contributed by atoms with E-state index in [-0.39, 0.29) is 29.9 Å². The van der Waals surface area contributed by atoms with E-state index in [2.05, 4.69) is 14.9 Å². The molecule has 1 N–H and O–H groups in total. The van der Waals surface area contributed by atoms with Crippen LogP contribution in [0.4, 0.5) is 20.5 Å². The summed E-state index contributed by atoms with van der Waals surface area (Å²) in [6.07, 6.45) is 7.73. The zero-order valence-corrected chi connectivity index (χ0v) is 18.6. The first-order valence-electron chi connectivity index (χ1n) is 11.6. The topological polar surface area (TPSA) is 91.6 Å². The van der Waals surface area contributed by atoms with Gasteiger partial charge in [-0.25, -0.2) is 13.6 Å². The highest BCUT2D eigenvalue weighted by molar-refractivity contribution is 5.89. The molecule has 1 aromatic carbocycles. The molecular formula is C24H21F2N7O2. The van der Waals surface area contributed by atoms with Gasteiger partial charge in [-0.15, -0.1) is 0 Å². The Bertz CT molecular complexity index is 1500. The number of benzene rings is 1. The second-order valence-electron chi connectivity index (χ2n) is 9.06. The largest absolute Gasteiger partial charge is 0.490 e. The first-order valence-corrected chi connectivity index (χ1v) is 11.6. The number of aliphatic imine (C=N–C) groups is 1. The van der Waals surface area contributed by atoms with Gasteiger partial charge in [0.25, 0.3) is 0 Å². The molecule has 4 aliphatic rings. The molecule has 3 atom stereocenters. The average Bonchev–Trinajstić information content (AvgIpc) is 3.38. The zero-order valence-electron chi connectivity index (χ0n) is 18.6. The van der Waals surface area contributed by atoms with Crippen molar-refractivity contribution in [3.8, 4) is 5.75 Å². The van der Waals surface area contributed by atoms with Crippen molar-refractivity contribution < 1.29 is 13.5 Å². The van der Waals surface area contributed by atoms with Gasteiger partial charge in [-0.05, 0) is 24.6 Å². The summed E-state index contributed by atoms with van der Waals surface area (Å²) in [6, 6.07) is 3.64. The van der Waals surface area contributed by atoms with Crippen LogP contribution in [0.25, 0.3) is 11.2 Å². The Labute approximate surface area is 198 Å². The van der Waals surface area contributed by atoms with Crippen molar-refractivity contribution in [1.82, 2.24) is 19.5 Å². The number of fused-ring (bicyclic) bond motifs is 3. The average molecular weight is 477 g/mol. The number of ether oxygens (including phenoxy) is 1. The Balaban J connectivity index is 1.42. The summed E-state index contributed by atoms with van der Waals surface area (Å²) >= 11 is 0. The van der Waals surface area contributed by atoms with Gasteiger partial charge in [0.1, 0.15) is 11.3 Å². The minimum Gasteiger partial charge on any atom is -0.490 e. The maximum atomic E-state index is 14.5. The lowest BCUT2D eigenvalue weighted by Crippen LogP contribution is -2.39. The van der Waals surface area contributed by atoms with Gasteiger partial charge in [-0.2, -0.15) is 9.97 Å². The lowest BCUT2D eigenvalue weighted by Gasteiger charge is -2.33. The molecule has 1 saturated heterocycles. The molecule has 7 rings (SSSR count). The number of imidazole rings is 1. The normalized spacial score (nSPS) is 24.7. The van der Waals surface area contributed by atoms with Gasteiger partial charge in [0.15, 0.2) is 23.0 Å². The second-order valence-corrected chi connectivity index (χ2v) is 9.06.